The predicted octanol–water partition coefficient (Wildman–Crippen LogP) is 2.95. The maximum Gasteiger partial charge on any atom is 0.417 e. The first-order chi connectivity index (χ1) is 11.3. The molecule has 3 N–H and O–H groups in total. The Morgan fingerprint density at radius 2 is 2.12 bits per heavy atom. The maximum atomic E-state index is 13.1. The molecule has 134 valence electrons. The van der Waals surface area contributed by atoms with Crippen molar-refractivity contribution in [3.05, 3.63) is 30.1 Å². The summed E-state index contributed by atoms with van der Waals surface area (Å²) in [5.41, 5.74) is 4.26. The fraction of sp³-hybridized carbons (Fsp3) is 0.706. The Kier molecular flexibility index (Phi) is 4.61. The summed E-state index contributed by atoms with van der Waals surface area (Å²) in [5, 5.41) is 3.41. The Hall–Kier alpha value is -1.18. The van der Waals surface area contributed by atoms with Gasteiger partial charge in [0, 0.05) is 50.5 Å². The van der Waals surface area contributed by atoms with Crippen molar-refractivity contribution in [1.29, 1.82) is 0 Å². The zero-order valence-corrected chi connectivity index (χ0v) is 13.8. The highest BCUT2D eigenvalue weighted by Gasteiger charge is 2.67. The van der Waals surface area contributed by atoms with E-state index in [1.54, 1.807) is 6.20 Å². The molecule has 2 fully saturated rings. The number of nitrogens with one attached hydrogen (secondary N) is 1. The summed E-state index contributed by atoms with van der Waals surface area (Å²) >= 11 is 0. The molecular weight excluding hydrogens is 319 g/mol. The third kappa shape index (κ3) is 3.17. The molecule has 1 aromatic rings. The summed E-state index contributed by atoms with van der Waals surface area (Å²) < 4.78 is 44.2. The van der Waals surface area contributed by atoms with Crippen LogP contribution in [-0.2, 0) is 4.74 Å². The topological polar surface area (TPSA) is 60.2 Å². The van der Waals surface area contributed by atoms with Crippen molar-refractivity contribution in [3.8, 4) is 0 Å². The van der Waals surface area contributed by atoms with Gasteiger partial charge in [-0.2, -0.15) is 13.2 Å². The zero-order valence-electron chi connectivity index (χ0n) is 13.8. The lowest BCUT2D eigenvalue weighted by Gasteiger charge is -2.54. The van der Waals surface area contributed by atoms with Crippen LogP contribution >= 0.6 is 0 Å². The Bertz CT molecular complexity index is 554. The van der Waals surface area contributed by atoms with E-state index in [0.717, 1.165) is 25.5 Å². The molecule has 0 aliphatic heterocycles. The van der Waals surface area contributed by atoms with Crippen LogP contribution in [0.1, 0.15) is 43.7 Å². The summed E-state index contributed by atoms with van der Waals surface area (Å²) in [6.07, 6.45) is 2.15. The van der Waals surface area contributed by atoms with Gasteiger partial charge in [-0.05, 0) is 30.4 Å². The molecule has 1 unspecified atom stereocenters. The lowest BCUT2D eigenvalue weighted by atomic mass is 9.64. The van der Waals surface area contributed by atoms with Crippen LogP contribution in [0, 0.1) is 5.92 Å². The van der Waals surface area contributed by atoms with Crippen LogP contribution in [-0.4, -0.2) is 36.0 Å². The lowest BCUT2D eigenvalue weighted by molar-refractivity contribution is -0.311. The zero-order chi connectivity index (χ0) is 17.4. The SMILES string of the molecule is COC1(C(F)(F)F)CC(N)(CNC(c2cccnc2)C2CCC2)C1. The lowest BCUT2D eigenvalue weighted by Crippen LogP contribution is -2.71. The first kappa shape index (κ1) is 17.6. The third-order valence-electron chi connectivity index (χ3n) is 5.52. The molecular formula is C17H24F3N3O. The van der Waals surface area contributed by atoms with Crippen LogP contribution in [0.3, 0.4) is 0 Å². The second-order valence-corrected chi connectivity index (χ2v) is 7.25. The van der Waals surface area contributed by atoms with Gasteiger partial charge in [0.15, 0.2) is 5.60 Å². The number of nitrogens with two attached hydrogens (primary N) is 1. The minimum Gasteiger partial charge on any atom is -0.369 e. The smallest absolute Gasteiger partial charge is 0.369 e. The monoisotopic (exact) mass is 343 g/mol. The molecule has 1 aromatic heterocycles. The van der Waals surface area contributed by atoms with Crippen molar-refractivity contribution in [2.24, 2.45) is 11.7 Å². The third-order valence-corrected chi connectivity index (χ3v) is 5.52. The van der Waals surface area contributed by atoms with E-state index in [1.807, 2.05) is 18.3 Å². The second-order valence-electron chi connectivity index (χ2n) is 7.25. The molecule has 7 heteroatoms. The van der Waals surface area contributed by atoms with Gasteiger partial charge in [-0.1, -0.05) is 12.5 Å². The normalized spacial score (nSPS) is 32.0. The number of hydrogen-bond acceptors (Lipinski definition) is 4. The number of alkyl halides is 3. The molecule has 0 aromatic carbocycles. The average molecular weight is 343 g/mol. The minimum absolute atomic E-state index is 0.0938. The van der Waals surface area contributed by atoms with E-state index in [1.165, 1.54) is 6.42 Å². The highest BCUT2D eigenvalue weighted by atomic mass is 19.4. The number of aromatic nitrogens is 1. The van der Waals surface area contributed by atoms with Crippen LogP contribution in [0.2, 0.25) is 0 Å². The maximum absolute atomic E-state index is 13.1. The van der Waals surface area contributed by atoms with Gasteiger partial charge >= 0.3 is 6.18 Å². The molecule has 1 atom stereocenters. The van der Waals surface area contributed by atoms with Crippen molar-refractivity contribution in [2.45, 2.75) is 55.5 Å². The Balaban J connectivity index is 1.64. The van der Waals surface area contributed by atoms with E-state index in [4.69, 9.17) is 10.5 Å². The van der Waals surface area contributed by atoms with Crippen LogP contribution in [0.4, 0.5) is 13.2 Å². The van der Waals surface area contributed by atoms with Gasteiger partial charge in [-0.3, -0.25) is 4.98 Å². The van der Waals surface area contributed by atoms with Crippen molar-refractivity contribution >= 4 is 0 Å². The van der Waals surface area contributed by atoms with Crippen molar-refractivity contribution in [3.63, 3.8) is 0 Å². The molecule has 4 nitrogen and oxygen atoms in total. The number of hydrogen-bond donors (Lipinski definition) is 2. The largest absolute Gasteiger partial charge is 0.417 e. The predicted molar refractivity (Wildman–Crippen MR) is 84.3 cm³/mol. The molecule has 3 rings (SSSR count). The molecule has 24 heavy (non-hydrogen) atoms. The average Bonchev–Trinajstić information content (AvgIpc) is 2.46. The molecule has 0 radical (unpaired) electrons. The molecule has 0 spiro atoms. The highest BCUT2D eigenvalue weighted by Crippen LogP contribution is 2.52. The fourth-order valence-electron chi connectivity index (χ4n) is 3.87. The molecule has 0 saturated heterocycles. The van der Waals surface area contributed by atoms with Gasteiger partial charge in [-0.25, -0.2) is 0 Å². The van der Waals surface area contributed by atoms with Crippen molar-refractivity contribution in [1.82, 2.24) is 10.3 Å². The van der Waals surface area contributed by atoms with Gasteiger partial charge < -0.3 is 15.8 Å². The molecule has 2 aliphatic rings. The van der Waals surface area contributed by atoms with Crippen LogP contribution < -0.4 is 11.1 Å². The van der Waals surface area contributed by atoms with Gasteiger partial charge in [0.1, 0.15) is 0 Å². The summed E-state index contributed by atoms with van der Waals surface area (Å²) in [6, 6.07) is 3.97. The quantitative estimate of drug-likeness (QED) is 0.834. The Morgan fingerprint density at radius 3 is 2.58 bits per heavy atom. The number of pyridine rings is 1. The summed E-state index contributed by atoms with van der Waals surface area (Å²) in [6.45, 7) is 0.338. The van der Waals surface area contributed by atoms with Crippen LogP contribution in [0.25, 0.3) is 0 Å². The van der Waals surface area contributed by atoms with Crippen molar-refractivity contribution < 1.29 is 17.9 Å². The van der Waals surface area contributed by atoms with Crippen molar-refractivity contribution in [2.75, 3.05) is 13.7 Å². The van der Waals surface area contributed by atoms with Gasteiger partial charge in [0.2, 0.25) is 0 Å². The van der Waals surface area contributed by atoms with Crippen LogP contribution in [0.15, 0.2) is 24.5 Å². The minimum atomic E-state index is -4.39. The standard InChI is InChI=1S/C17H24F3N3O/c1-24-16(17(18,19)20)9-15(21,10-16)11-23-14(12-4-2-5-12)13-6-3-7-22-8-13/h3,6-8,12,14,23H,2,4-5,9-11,21H2,1H3. The number of nitrogens with zero attached hydrogens (tertiary/aromatic N) is 1. The first-order valence-corrected chi connectivity index (χ1v) is 8.33. The summed E-state index contributed by atoms with van der Waals surface area (Å²) in [5.74, 6) is 0.493. The number of rotatable bonds is 6. The Morgan fingerprint density at radius 1 is 1.42 bits per heavy atom. The molecule has 1 heterocycles. The highest BCUT2D eigenvalue weighted by molar-refractivity contribution is 5.18. The number of ether oxygens (including phenoxy) is 1. The number of methoxy groups -OCH3 is 1. The van der Waals surface area contributed by atoms with Gasteiger partial charge in [0.25, 0.3) is 0 Å². The molecule has 2 aliphatic carbocycles. The van der Waals surface area contributed by atoms with E-state index in [2.05, 4.69) is 10.3 Å². The van der Waals surface area contributed by atoms with E-state index < -0.39 is 17.3 Å². The van der Waals surface area contributed by atoms with E-state index in [-0.39, 0.29) is 18.9 Å². The van der Waals surface area contributed by atoms with E-state index >= 15 is 0 Å². The van der Waals surface area contributed by atoms with E-state index in [9.17, 15) is 13.2 Å². The fourth-order valence-corrected chi connectivity index (χ4v) is 3.87. The molecule has 2 saturated carbocycles. The van der Waals surface area contributed by atoms with Crippen LogP contribution in [0.5, 0.6) is 0 Å². The second kappa shape index (κ2) is 6.28. The van der Waals surface area contributed by atoms with Gasteiger partial charge in [-0.15, -0.1) is 0 Å². The number of halogens is 3. The van der Waals surface area contributed by atoms with Gasteiger partial charge in [0.05, 0.1) is 0 Å². The molecule has 0 bridgehead atoms. The molecule has 0 amide bonds. The van der Waals surface area contributed by atoms with E-state index in [0.29, 0.717) is 12.5 Å². The summed E-state index contributed by atoms with van der Waals surface area (Å²) in [7, 11) is 1.10. The first-order valence-electron chi connectivity index (χ1n) is 8.33. The Labute approximate surface area is 140 Å². The summed E-state index contributed by atoms with van der Waals surface area (Å²) in [4.78, 5) is 4.15.